The lowest BCUT2D eigenvalue weighted by Crippen LogP contribution is -2.42. The van der Waals surface area contributed by atoms with Crippen molar-refractivity contribution in [3.8, 4) is 0 Å². The van der Waals surface area contributed by atoms with Crippen LogP contribution in [0.2, 0.25) is 0 Å². The van der Waals surface area contributed by atoms with Gasteiger partial charge in [-0.2, -0.15) is 0 Å². The average Bonchev–Trinajstić information content (AvgIpc) is 2.67. The molecule has 0 fully saturated rings. The number of halogens is 1. The predicted octanol–water partition coefficient (Wildman–Crippen LogP) is 1.83. The maximum atomic E-state index is 11.8. The molecular formula is C11H17ClN2OS. The number of rotatable bonds is 2. The van der Waals surface area contributed by atoms with Crippen LogP contribution in [0.4, 0.5) is 0 Å². The van der Waals surface area contributed by atoms with Crippen LogP contribution >= 0.6 is 23.7 Å². The highest BCUT2D eigenvalue weighted by atomic mass is 35.5. The third kappa shape index (κ3) is 2.39. The molecule has 1 N–H and O–H groups in total. The Morgan fingerprint density at radius 3 is 3.12 bits per heavy atom. The predicted molar refractivity (Wildman–Crippen MR) is 69.3 cm³/mol. The van der Waals surface area contributed by atoms with Gasteiger partial charge in [-0.1, -0.05) is 0 Å². The smallest absolute Gasteiger partial charge is 0.237 e. The third-order valence-electron chi connectivity index (χ3n) is 2.93. The van der Waals surface area contributed by atoms with Crippen LogP contribution in [0.5, 0.6) is 0 Å². The minimum Gasteiger partial charge on any atom is -0.334 e. The van der Waals surface area contributed by atoms with E-state index < -0.39 is 0 Å². The van der Waals surface area contributed by atoms with E-state index in [0.717, 1.165) is 13.0 Å². The lowest BCUT2D eigenvalue weighted by atomic mass is 10.0. The van der Waals surface area contributed by atoms with Crippen molar-refractivity contribution in [2.75, 3.05) is 20.1 Å². The molecule has 0 spiro atoms. The van der Waals surface area contributed by atoms with Crippen molar-refractivity contribution in [2.45, 2.75) is 19.4 Å². The fourth-order valence-electron chi connectivity index (χ4n) is 2.10. The van der Waals surface area contributed by atoms with Gasteiger partial charge in [0.15, 0.2) is 0 Å². The van der Waals surface area contributed by atoms with E-state index in [9.17, 15) is 4.79 Å². The highest BCUT2D eigenvalue weighted by molar-refractivity contribution is 7.10. The van der Waals surface area contributed by atoms with E-state index >= 15 is 0 Å². The van der Waals surface area contributed by atoms with Gasteiger partial charge in [-0.15, -0.1) is 23.7 Å². The summed E-state index contributed by atoms with van der Waals surface area (Å²) in [6.45, 7) is 3.40. The molecule has 2 rings (SSSR count). The van der Waals surface area contributed by atoms with Gasteiger partial charge >= 0.3 is 0 Å². The third-order valence-corrected chi connectivity index (χ3v) is 3.92. The molecule has 1 aliphatic rings. The number of thiophene rings is 1. The van der Waals surface area contributed by atoms with Crippen molar-refractivity contribution < 1.29 is 4.79 Å². The van der Waals surface area contributed by atoms with E-state index in [1.807, 2.05) is 11.9 Å². The summed E-state index contributed by atoms with van der Waals surface area (Å²) in [6, 6.07) is 2.38. The van der Waals surface area contributed by atoms with E-state index in [1.54, 1.807) is 11.3 Å². The lowest BCUT2D eigenvalue weighted by molar-refractivity contribution is -0.132. The zero-order chi connectivity index (χ0) is 10.8. The molecule has 0 saturated heterocycles. The first-order valence-electron chi connectivity index (χ1n) is 5.24. The Labute approximate surface area is 106 Å². The molecule has 0 bridgehead atoms. The fraction of sp³-hybridized carbons (Fsp3) is 0.545. The van der Waals surface area contributed by atoms with Gasteiger partial charge in [0.25, 0.3) is 0 Å². The summed E-state index contributed by atoms with van der Waals surface area (Å²) < 4.78 is 0. The molecule has 1 amide bonds. The van der Waals surface area contributed by atoms with Crippen LogP contribution in [0.1, 0.15) is 23.4 Å². The number of hydrogen-bond acceptors (Lipinski definition) is 3. The number of carbonyl (C=O) groups is 1. The average molecular weight is 261 g/mol. The molecule has 90 valence electrons. The molecule has 2 heterocycles. The number of fused-ring (bicyclic) bond motifs is 1. The zero-order valence-electron chi connectivity index (χ0n) is 9.53. The first-order valence-corrected chi connectivity index (χ1v) is 6.12. The van der Waals surface area contributed by atoms with Crippen molar-refractivity contribution >= 4 is 29.7 Å². The molecule has 0 aliphatic carbocycles. The molecule has 1 aliphatic heterocycles. The molecule has 0 saturated carbocycles. The minimum absolute atomic E-state index is 0. The Kier molecular flexibility index (Phi) is 4.77. The Hall–Kier alpha value is -0.580. The number of likely N-dealkylation sites (N-methyl/N-ethyl adjacent to an activating group) is 1. The maximum Gasteiger partial charge on any atom is 0.237 e. The fourth-order valence-corrected chi connectivity index (χ4v) is 3.07. The summed E-state index contributed by atoms with van der Waals surface area (Å²) >= 11 is 1.80. The second kappa shape index (κ2) is 5.66. The Morgan fingerprint density at radius 1 is 1.69 bits per heavy atom. The summed E-state index contributed by atoms with van der Waals surface area (Å²) in [7, 11) is 1.81. The van der Waals surface area contributed by atoms with E-state index in [4.69, 9.17) is 0 Å². The first-order chi connectivity index (χ1) is 7.24. The quantitative estimate of drug-likeness (QED) is 0.880. The summed E-state index contributed by atoms with van der Waals surface area (Å²) in [5, 5.41) is 5.03. The van der Waals surface area contributed by atoms with Crippen molar-refractivity contribution in [1.29, 1.82) is 0 Å². The number of carbonyl (C=O) groups excluding carboxylic acids is 1. The van der Waals surface area contributed by atoms with Crippen molar-refractivity contribution in [2.24, 2.45) is 0 Å². The zero-order valence-corrected chi connectivity index (χ0v) is 11.2. The van der Waals surface area contributed by atoms with Gasteiger partial charge in [-0.25, -0.2) is 0 Å². The lowest BCUT2D eigenvalue weighted by Gasteiger charge is -2.33. The highest BCUT2D eigenvalue weighted by Gasteiger charge is 2.27. The van der Waals surface area contributed by atoms with E-state index in [2.05, 4.69) is 23.7 Å². The number of nitrogens with one attached hydrogen (secondary N) is 1. The normalized spacial score (nSPS) is 18.9. The molecule has 3 nitrogen and oxygen atoms in total. The molecule has 1 unspecified atom stereocenters. The van der Waals surface area contributed by atoms with Crippen LogP contribution in [-0.4, -0.2) is 30.9 Å². The van der Waals surface area contributed by atoms with Crippen LogP contribution in [0.15, 0.2) is 11.4 Å². The van der Waals surface area contributed by atoms with E-state index in [-0.39, 0.29) is 24.4 Å². The number of nitrogens with zero attached hydrogens (tertiary/aromatic N) is 1. The second-order valence-electron chi connectivity index (χ2n) is 3.84. The van der Waals surface area contributed by atoms with Crippen LogP contribution in [0.3, 0.4) is 0 Å². The first kappa shape index (κ1) is 13.5. The van der Waals surface area contributed by atoms with Gasteiger partial charge in [0, 0.05) is 11.4 Å². The van der Waals surface area contributed by atoms with Crippen molar-refractivity contribution in [3.63, 3.8) is 0 Å². The maximum absolute atomic E-state index is 11.8. The summed E-state index contributed by atoms with van der Waals surface area (Å²) in [5.74, 6) is 0.196. The Morgan fingerprint density at radius 2 is 2.44 bits per heavy atom. The second-order valence-corrected chi connectivity index (χ2v) is 4.84. The topological polar surface area (TPSA) is 32.3 Å². The van der Waals surface area contributed by atoms with Crippen LogP contribution < -0.4 is 5.32 Å². The summed E-state index contributed by atoms with van der Waals surface area (Å²) in [4.78, 5) is 15.2. The van der Waals surface area contributed by atoms with E-state index in [1.165, 1.54) is 10.4 Å². The largest absolute Gasteiger partial charge is 0.334 e. The van der Waals surface area contributed by atoms with Gasteiger partial charge in [0.2, 0.25) is 5.91 Å². The molecule has 1 aromatic rings. The minimum atomic E-state index is 0. The van der Waals surface area contributed by atoms with Gasteiger partial charge in [0.1, 0.15) is 0 Å². The SMILES string of the molecule is CNCC(=O)N1CCc2sccc2C1C.Cl. The molecule has 1 atom stereocenters. The molecular weight excluding hydrogens is 244 g/mol. The molecule has 16 heavy (non-hydrogen) atoms. The number of amides is 1. The van der Waals surface area contributed by atoms with Crippen molar-refractivity contribution in [3.05, 3.63) is 21.9 Å². The molecule has 5 heteroatoms. The standard InChI is InChI=1S/C11H16N2OS.ClH/c1-8-9-4-6-15-10(9)3-5-13(8)11(14)7-12-2;/h4,6,8,12H,3,5,7H2,1-2H3;1H. The molecule has 1 aromatic heterocycles. The Bertz CT molecular complexity index is 367. The Balaban J connectivity index is 0.00000128. The highest BCUT2D eigenvalue weighted by Crippen LogP contribution is 2.32. The van der Waals surface area contributed by atoms with Crippen LogP contribution in [0.25, 0.3) is 0 Å². The molecule has 0 radical (unpaired) electrons. The monoisotopic (exact) mass is 260 g/mol. The van der Waals surface area contributed by atoms with Gasteiger partial charge in [0.05, 0.1) is 12.6 Å². The van der Waals surface area contributed by atoms with Gasteiger partial charge in [-0.3, -0.25) is 4.79 Å². The summed E-state index contributed by atoms with van der Waals surface area (Å²) in [5.41, 5.74) is 1.33. The van der Waals surface area contributed by atoms with E-state index in [0.29, 0.717) is 6.54 Å². The summed E-state index contributed by atoms with van der Waals surface area (Å²) in [6.07, 6.45) is 1.01. The number of hydrogen-bond donors (Lipinski definition) is 1. The van der Waals surface area contributed by atoms with Crippen molar-refractivity contribution in [1.82, 2.24) is 10.2 Å². The van der Waals surface area contributed by atoms with Crippen LogP contribution in [0, 0.1) is 0 Å². The van der Waals surface area contributed by atoms with Gasteiger partial charge in [-0.05, 0) is 37.4 Å². The molecule has 0 aromatic carbocycles. The van der Waals surface area contributed by atoms with Crippen LogP contribution in [-0.2, 0) is 11.2 Å². The van der Waals surface area contributed by atoms with Gasteiger partial charge < -0.3 is 10.2 Å².